The highest BCUT2D eigenvalue weighted by atomic mass is 35.5. The first kappa shape index (κ1) is 15.0. The summed E-state index contributed by atoms with van der Waals surface area (Å²) in [6, 6.07) is 10.3. The summed E-state index contributed by atoms with van der Waals surface area (Å²) < 4.78 is 5.76. The third-order valence-corrected chi connectivity index (χ3v) is 3.29. The van der Waals surface area contributed by atoms with Crippen molar-refractivity contribution in [1.82, 2.24) is 0 Å². The van der Waals surface area contributed by atoms with Crippen LogP contribution in [0.2, 0.25) is 10.0 Å². The van der Waals surface area contributed by atoms with Gasteiger partial charge in [-0.3, -0.25) is 0 Å². The molecule has 2 rings (SSSR count). The summed E-state index contributed by atoms with van der Waals surface area (Å²) in [6.45, 7) is 0.798. The summed E-state index contributed by atoms with van der Waals surface area (Å²) in [4.78, 5) is 0. The maximum Gasteiger partial charge on any atom is 0.141 e. The minimum atomic E-state index is 0.204. The Hall–Kier alpha value is -1.42. The number of phenolic OH excluding ortho intramolecular Hbond substituents is 1. The van der Waals surface area contributed by atoms with Gasteiger partial charge in [0, 0.05) is 5.02 Å². The predicted molar refractivity (Wildman–Crippen MR) is 81.7 cm³/mol. The van der Waals surface area contributed by atoms with Crippen LogP contribution in [-0.4, -0.2) is 11.7 Å². The van der Waals surface area contributed by atoms with Gasteiger partial charge in [0.05, 0.1) is 5.02 Å². The van der Waals surface area contributed by atoms with Crippen molar-refractivity contribution in [1.29, 1.82) is 0 Å². The Morgan fingerprint density at radius 2 is 1.95 bits per heavy atom. The van der Waals surface area contributed by atoms with Crippen molar-refractivity contribution in [2.75, 3.05) is 6.54 Å². The number of nitrogens with two attached hydrogens (primary N) is 1. The zero-order valence-corrected chi connectivity index (χ0v) is 12.3. The second-order valence-electron chi connectivity index (χ2n) is 4.37. The maximum absolute atomic E-state index is 9.42. The molecule has 0 amide bonds. The average molecular weight is 312 g/mol. The van der Waals surface area contributed by atoms with Gasteiger partial charge in [0.25, 0.3) is 0 Å². The monoisotopic (exact) mass is 311 g/mol. The molecule has 5 heteroatoms. The van der Waals surface area contributed by atoms with E-state index in [2.05, 4.69) is 0 Å². The molecule has 0 unspecified atom stereocenters. The van der Waals surface area contributed by atoms with Gasteiger partial charge < -0.3 is 15.6 Å². The summed E-state index contributed by atoms with van der Waals surface area (Å²) in [7, 11) is 0. The van der Waals surface area contributed by atoms with E-state index in [4.69, 9.17) is 33.7 Å². The SMILES string of the molecule is NCCc1cc(Cl)cc(Cl)c1OCc1cccc(O)c1. The van der Waals surface area contributed by atoms with E-state index >= 15 is 0 Å². The summed E-state index contributed by atoms with van der Waals surface area (Å²) in [5, 5.41) is 10.4. The number of benzene rings is 2. The van der Waals surface area contributed by atoms with E-state index in [0.717, 1.165) is 11.1 Å². The van der Waals surface area contributed by atoms with E-state index in [1.807, 2.05) is 6.07 Å². The van der Waals surface area contributed by atoms with E-state index in [1.165, 1.54) is 0 Å². The molecule has 3 N–H and O–H groups in total. The lowest BCUT2D eigenvalue weighted by Crippen LogP contribution is -2.06. The van der Waals surface area contributed by atoms with E-state index < -0.39 is 0 Å². The van der Waals surface area contributed by atoms with E-state index in [0.29, 0.717) is 35.4 Å². The zero-order valence-electron chi connectivity index (χ0n) is 10.8. The van der Waals surface area contributed by atoms with Crippen molar-refractivity contribution in [2.45, 2.75) is 13.0 Å². The molecule has 0 saturated heterocycles. The van der Waals surface area contributed by atoms with E-state index in [9.17, 15) is 5.11 Å². The van der Waals surface area contributed by atoms with Gasteiger partial charge in [0.15, 0.2) is 0 Å². The highest BCUT2D eigenvalue weighted by molar-refractivity contribution is 6.35. The first-order chi connectivity index (χ1) is 9.60. The first-order valence-electron chi connectivity index (χ1n) is 6.19. The number of ether oxygens (including phenoxy) is 1. The van der Waals surface area contributed by atoms with Crippen molar-refractivity contribution < 1.29 is 9.84 Å². The van der Waals surface area contributed by atoms with Crippen LogP contribution in [0, 0.1) is 0 Å². The number of phenols is 1. The van der Waals surface area contributed by atoms with Crippen molar-refractivity contribution >= 4 is 23.2 Å². The van der Waals surface area contributed by atoms with Gasteiger partial charge in [0.2, 0.25) is 0 Å². The molecule has 0 aromatic heterocycles. The van der Waals surface area contributed by atoms with Gasteiger partial charge in [-0.2, -0.15) is 0 Å². The van der Waals surface area contributed by atoms with Crippen molar-refractivity contribution in [2.24, 2.45) is 5.73 Å². The molecule has 0 saturated carbocycles. The maximum atomic E-state index is 9.42. The van der Waals surface area contributed by atoms with Gasteiger partial charge in [-0.05, 0) is 48.4 Å². The minimum Gasteiger partial charge on any atom is -0.508 e. The predicted octanol–water partition coefficient (Wildman–Crippen LogP) is 3.78. The van der Waals surface area contributed by atoms with Crippen LogP contribution in [0.1, 0.15) is 11.1 Å². The Bertz CT molecular complexity index is 602. The molecular formula is C15H15Cl2NO2. The summed E-state index contributed by atoms with van der Waals surface area (Å²) in [5.74, 6) is 0.792. The number of hydrogen-bond acceptors (Lipinski definition) is 3. The molecule has 0 heterocycles. The van der Waals surface area contributed by atoms with Crippen LogP contribution in [0.4, 0.5) is 0 Å². The van der Waals surface area contributed by atoms with Crippen LogP contribution in [0.3, 0.4) is 0 Å². The van der Waals surface area contributed by atoms with Crippen molar-refractivity contribution in [3.05, 3.63) is 57.6 Å². The molecule has 2 aromatic carbocycles. The standard InChI is InChI=1S/C15H15Cl2NO2/c16-12-7-11(4-5-18)15(14(17)8-12)20-9-10-2-1-3-13(19)6-10/h1-3,6-8,19H,4-5,9,18H2. The van der Waals surface area contributed by atoms with Crippen LogP contribution in [0.25, 0.3) is 0 Å². The topological polar surface area (TPSA) is 55.5 Å². The fraction of sp³-hybridized carbons (Fsp3) is 0.200. The summed E-state index contributed by atoms with van der Waals surface area (Å²) in [5.41, 5.74) is 7.32. The zero-order chi connectivity index (χ0) is 14.5. The minimum absolute atomic E-state index is 0.204. The van der Waals surface area contributed by atoms with E-state index in [-0.39, 0.29) is 5.75 Å². The second-order valence-corrected chi connectivity index (χ2v) is 5.22. The fourth-order valence-corrected chi connectivity index (χ4v) is 2.51. The van der Waals surface area contributed by atoms with Gasteiger partial charge in [-0.25, -0.2) is 0 Å². The number of halogens is 2. The van der Waals surface area contributed by atoms with Crippen LogP contribution in [0.5, 0.6) is 11.5 Å². The Morgan fingerprint density at radius 1 is 1.15 bits per heavy atom. The molecule has 0 aliphatic heterocycles. The van der Waals surface area contributed by atoms with Crippen LogP contribution < -0.4 is 10.5 Å². The Balaban J connectivity index is 2.20. The molecule has 3 nitrogen and oxygen atoms in total. The van der Waals surface area contributed by atoms with Crippen LogP contribution in [-0.2, 0) is 13.0 Å². The highest BCUT2D eigenvalue weighted by Crippen LogP contribution is 2.33. The summed E-state index contributed by atoms with van der Waals surface area (Å²) >= 11 is 12.2. The smallest absolute Gasteiger partial charge is 0.141 e. The normalized spacial score (nSPS) is 10.6. The molecule has 0 aliphatic carbocycles. The number of hydrogen-bond donors (Lipinski definition) is 2. The van der Waals surface area contributed by atoms with Gasteiger partial charge in [0.1, 0.15) is 18.1 Å². The molecule has 0 aliphatic rings. The van der Waals surface area contributed by atoms with Crippen molar-refractivity contribution in [3.63, 3.8) is 0 Å². The lowest BCUT2D eigenvalue weighted by atomic mass is 10.1. The highest BCUT2D eigenvalue weighted by Gasteiger charge is 2.10. The quantitative estimate of drug-likeness (QED) is 0.883. The molecule has 20 heavy (non-hydrogen) atoms. The fourth-order valence-electron chi connectivity index (χ4n) is 1.92. The molecule has 0 spiro atoms. The molecular weight excluding hydrogens is 297 g/mol. The second kappa shape index (κ2) is 6.84. The van der Waals surface area contributed by atoms with Gasteiger partial charge in [-0.15, -0.1) is 0 Å². The molecule has 0 bridgehead atoms. The third kappa shape index (κ3) is 3.79. The van der Waals surface area contributed by atoms with Crippen LogP contribution in [0.15, 0.2) is 36.4 Å². The average Bonchev–Trinajstić information content (AvgIpc) is 2.38. The first-order valence-corrected chi connectivity index (χ1v) is 6.94. The lowest BCUT2D eigenvalue weighted by molar-refractivity contribution is 0.302. The summed E-state index contributed by atoms with van der Waals surface area (Å²) in [6.07, 6.45) is 0.635. The van der Waals surface area contributed by atoms with Crippen molar-refractivity contribution in [3.8, 4) is 11.5 Å². The molecule has 0 atom stereocenters. The Morgan fingerprint density at radius 3 is 2.65 bits per heavy atom. The molecule has 0 radical (unpaired) electrons. The Labute approximate surface area is 127 Å². The largest absolute Gasteiger partial charge is 0.508 e. The number of aromatic hydroxyl groups is 1. The van der Waals surface area contributed by atoms with Crippen LogP contribution >= 0.6 is 23.2 Å². The van der Waals surface area contributed by atoms with Gasteiger partial charge in [-0.1, -0.05) is 35.3 Å². The Kier molecular flexibility index (Phi) is 5.12. The molecule has 2 aromatic rings. The lowest BCUT2D eigenvalue weighted by Gasteiger charge is -2.13. The van der Waals surface area contributed by atoms with Gasteiger partial charge >= 0.3 is 0 Å². The molecule has 0 fully saturated rings. The van der Waals surface area contributed by atoms with E-state index in [1.54, 1.807) is 30.3 Å². The third-order valence-electron chi connectivity index (χ3n) is 2.79. The molecule has 106 valence electrons. The number of rotatable bonds is 5.